The molecule has 26 heavy (non-hydrogen) atoms. The van der Waals surface area contributed by atoms with Crippen LogP contribution in [0, 0.1) is 5.92 Å². The number of hydrogen-bond acceptors (Lipinski definition) is 5. The number of amides is 1. The Morgan fingerprint density at radius 2 is 2.00 bits per heavy atom. The molecule has 0 aliphatic carbocycles. The topological polar surface area (TPSA) is 54.3 Å². The average molecular weight is 367 g/mol. The van der Waals surface area contributed by atoms with Crippen LogP contribution in [0.5, 0.6) is 0 Å². The zero-order chi connectivity index (χ0) is 17.5. The molecule has 0 bridgehead atoms. The molecule has 134 valence electrons. The molecule has 1 aromatic carbocycles. The molecular formula is C19H21N5OS. The summed E-state index contributed by atoms with van der Waals surface area (Å²) in [4.78, 5) is 26.4. The Bertz CT molecular complexity index is 907. The van der Waals surface area contributed by atoms with Crippen LogP contribution in [0.1, 0.15) is 12.2 Å². The van der Waals surface area contributed by atoms with Gasteiger partial charge in [-0.05, 0) is 18.6 Å². The highest BCUT2D eigenvalue weighted by atomic mass is 32.1. The third-order valence-corrected chi connectivity index (χ3v) is 6.53. The van der Waals surface area contributed by atoms with Crippen LogP contribution in [-0.2, 0) is 17.8 Å². The van der Waals surface area contributed by atoms with E-state index < -0.39 is 0 Å². The minimum absolute atomic E-state index is 0.0886. The second kappa shape index (κ2) is 6.39. The highest BCUT2D eigenvalue weighted by molar-refractivity contribution is 7.22. The second-order valence-electron chi connectivity index (χ2n) is 7.01. The standard InChI is InChI=1S/C19H21N5OS/c25-18(14-5-6-17-20-7-8-24(17)13-14)22-9-11-23(12-10-22)19-21-15-3-1-2-4-16(15)26-19/h1-4,7-8,14H,5-6,9-13H2. The van der Waals surface area contributed by atoms with E-state index in [1.54, 1.807) is 11.3 Å². The molecule has 6 nitrogen and oxygen atoms in total. The maximum absolute atomic E-state index is 12.9. The van der Waals surface area contributed by atoms with Gasteiger partial charge in [-0.3, -0.25) is 4.79 Å². The molecule has 0 radical (unpaired) electrons. The first-order valence-electron chi connectivity index (χ1n) is 9.17. The van der Waals surface area contributed by atoms with Gasteiger partial charge in [0.25, 0.3) is 0 Å². The van der Waals surface area contributed by atoms with Gasteiger partial charge in [-0.15, -0.1) is 0 Å². The minimum atomic E-state index is 0.0886. The molecule has 2 aliphatic heterocycles. The molecule has 4 heterocycles. The largest absolute Gasteiger partial charge is 0.345 e. The first kappa shape index (κ1) is 15.8. The molecule has 0 saturated carbocycles. The number of carbonyl (C=O) groups is 1. The molecule has 1 amide bonds. The summed E-state index contributed by atoms with van der Waals surface area (Å²) in [6.45, 7) is 4.04. The van der Waals surface area contributed by atoms with Crippen molar-refractivity contribution in [2.45, 2.75) is 19.4 Å². The summed E-state index contributed by atoms with van der Waals surface area (Å²) in [5, 5.41) is 1.07. The van der Waals surface area contributed by atoms with Gasteiger partial charge in [0.05, 0.1) is 16.1 Å². The fraction of sp³-hybridized carbons (Fsp3) is 0.421. The van der Waals surface area contributed by atoms with Crippen LogP contribution in [0.25, 0.3) is 10.2 Å². The fourth-order valence-electron chi connectivity index (χ4n) is 3.94. The predicted molar refractivity (Wildman–Crippen MR) is 102 cm³/mol. The van der Waals surface area contributed by atoms with Gasteiger partial charge in [-0.2, -0.15) is 0 Å². The molecule has 1 fully saturated rings. The zero-order valence-corrected chi connectivity index (χ0v) is 15.4. The predicted octanol–water partition coefficient (Wildman–Crippen LogP) is 2.40. The van der Waals surface area contributed by atoms with Gasteiger partial charge in [-0.25, -0.2) is 9.97 Å². The van der Waals surface area contributed by atoms with Crippen LogP contribution in [0.15, 0.2) is 36.7 Å². The summed E-state index contributed by atoms with van der Waals surface area (Å²) in [5.74, 6) is 1.49. The lowest BCUT2D eigenvalue weighted by Gasteiger charge is -2.37. The van der Waals surface area contributed by atoms with E-state index in [1.165, 1.54) is 4.70 Å². The van der Waals surface area contributed by atoms with Gasteiger partial charge in [0.2, 0.25) is 5.91 Å². The van der Waals surface area contributed by atoms with Crippen LogP contribution >= 0.6 is 11.3 Å². The number of aryl methyl sites for hydroxylation is 1. The van der Waals surface area contributed by atoms with E-state index in [4.69, 9.17) is 4.98 Å². The molecule has 2 aliphatic rings. The quantitative estimate of drug-likeness (QED) is 0.698. The smallest absolute Gasteiger partial charge is 0.227 e. The van der Waals surface area contributed by atoms with Crippen molar-refractivity contribution in [2.24, 2.45) is 5.92 Å². The number of thiazole rings is 1. The first-order valence-corrected chi connectivity index (χ1v) is 9.99. The van der Waals surface area contributed by atoms with Crippen LogP contribution in [0.2, 0.25) is 0 Å². The molecule has 2 aromatic heterocycles. The van der Waals surface area contributed by atoms with Crippen molar-refractivity contribution in [3.8, 4) is 0 Å². The molecule has 1 unspecified atom stereocenters. The number of hydrogen-bond donors (Lipinski definition) is 0. The number of rotatable bonds is 2. The Balaban J connectivity index is 1.23. The number of fused-ring (bicyclic) bond motifs is 2. The van der Waals surface area contributed by atoms with Crippen molar-refractivity contribution in [3.05, 3.63) is 42.5 Å². The molecule has 1 saturated heterocycles. The lowest BCUT2D eigenvalue weighted by molar-refractivity contribution is -0.136. The maximum Gasteiger partial charge on any atom is 0.227 e. The number of nitrogens with zero attached hydrogens (tertiary/aromatic N) is 5. The third kappa shape index (κ3) is 2.76. The number of carbonyl (C=O) groups excluding carboxylic acids is 1. The van der Waals surface area contributed by atoms with Gasteiger partial charge >= 0.3 is 0 Å². The zero-order valence-electron chi connectivity index (χ0n) is 14.5. The minimum Gasteiger partial charge on any atom is -0.345 e. The van der Waals surface area contributed by atoms with E-state index in [0.717, 1.165) is 62.0 Å². The van der Waals surface area contributed by atoms with Crippen molar-refractivity contribution in [1.29, 1.82) is 0 Å². The molecule has 3 aromatic rings. The Morgan fingerprint density at radius 3 is 2.85 bits per heavy atom. The number of benzene rings is 1. The van der Waals surface area contributed by atoms with Gasteiger partial charge in [0, 0.05) is 51.5 Å². The number of para-hydroxylation sites is 1. The number of aromatic nitrogens is 3. The Labute approximate surface area is 156 Å². The Kier molecular flexibility index (Phi) is 3.89. The van der Waals surface area contributed by atoms with Crippen molar-refractivity contribution >= 4 is 32.6 Å². The van der Waals surface area contributed by atoms with Crippen LogP contribution in [0.4, 0.5) is 5.13 Å². The monoisotopic (exact) mass is 367 g/mol. The van der Waals surface area contributed by atoms with Crippen molar-refractivity contribution in [1.82, 2.24) is 19.4 Å². The van der Waals surface area contributed by atoms with Gasteiger partial charge < -0.3 is 14.4 Å². The Morgan fingerprint density at radius 1 is 1.15 bits per heavy atom. The highest BCUT2D eigenvalue weighted by Crippen LogP contribution is 2.29. The summed E-state index contributed by atoms with van der Waals surface area (Å²) in [7, 11) is 0. The van der Waals surface area contributed by atoms with Crippen LogP contribution < -0.4 is 4.90 Å². The normalized spacial score (nSPS) is 20.4. The molecule has 7 heteroatoms. The fourth-order valence-corrected chi connectivity index (χ4v) is 4.96. The summed E-state index contributed by atoms with van der Waals surface area (Å²) in [6.07, 6.45) is 5.63. The van der Waals surface area contributed by atoms with E-state index in [9.17, 15) is 4.79 Å². The van der Waals surface area contributed by atoms with Crippen molar-refractivity contribution in [3.63, 3.8) is 0 Å². The van der Waals surface area contributed by atoms with Gasteiger partial charge in [0.1, 0.15) is 5.82 Å². The number of imidazole rings is 1. The summed E-state index contributed by atoms with van der Waals surface area (Å²) < 4.78 is 3.35. The summed E-state index contributed by atoms with van der Waals surface area (Å²) >= 11 is 1.74. The van der Waals surface area contributed by atoms with E-state index in [-0.39, 0.29) is 5.92 Å². The van der Waals surface area contributed by atoms with E-state index in [0.29, 0.717) is 5.91 Å². The highest BCUT2D eigenvalue weighted by Gasteiger charge is 2.31. The maximum atomic E-state index is 12.9. The SMILES string of the molecule is O=C(C1CCc2nccn2C1)N1CCN(c2nc3ccccc3s2)CC1. The van der Waals surface area contributed by atoms with E-state index >= 15 is 0 Å². The molecule has 0 N–H and O–H groups in total. The summed E-state index contributed by atoms with van der Waals surface area (Å²) in [6, 6.07) is 8.25. The number of piperazine rings is 1. The molecule has 0 spiro atoms. The van der Waals surface area contributed by atoms with Gasteiger partial charge in [0.15, 0.2) is 5.13 Å². The second-order valence-corrected chi connectivity index (χ2v) is 8.02. The lowest BCUT2D eigenvalue weighted by Crippen LogP contribution is -2.51. The van der Waals surface area contributed by atoms with Gasteiger partial charge in [-0.1, -0.05) is 23.5 Å². The first-order chi connectivity index (χ1) is 12.8. The molecule has 5 rings (SSSR count). The van der Waals surface area contributed by atoms with Crippen molar-refractivity contribution < 1.29 is 4.79 Å². The molecular weight excluding hydrogens is 346 g/mol. The van der Waals surface area contributed by atoms with Crippen LogP contribution in [0.3, 0.4) is 0 Å². The average Bonchev–Trinajstić information content (AvgIpc) is 3.33. The van der Waals surface area contributed by atoms with E-state index in [2.05, 4.69) is 32.7 Å². The molecule has 1 atom stereocenters. The lowest BCUT2D eigenvalue weighted by atomic mass is 9.97. The third-order valence-electron chi connectivity index (χ3n) is 5.43. The Hall–Kier alpha value is -2.41. The summed E-state index contributed by atoms with van der Waals surface area (Å²) in [5.41, 5.74) is 1.06. The van der Waals surface area contributed by atoms with Crippen LogP contribution in [-0.4, -0.2) is 51.5 Å². The number of anilines is 1. The van der Waals surface area contributed by atoms with Crippen molar-refractivity contribution in [2.75, 3.05) is 31.1 Å². The van der Waals surface area contributed by atoms with E-state index in [1.807, 2.05) is 23.4 Å².